The Morgan fingerprint density at radius 1 is 1.44 bits per heavy atom. The van der Waals surface area contributed by atoms with Gasteiger partial charge in [0.25, 0.3) is 0 Å². The number of rotatable bonds is 4. The van der Waals surface area contributed by atoms with Crippen molar-refractivity contribution in [3.05, 3.63) is 24.0 Å². The van der Waals surface area contributed by atoms with Gasteiger partial charge in [-0.25, -0.2) is 9.18 Å². The number of carbonyl (C=O) groups excluding carboxylic acids is 1. The molecule has 1 rings (SSSR count). The van der Waals surface area contributed by atoms with Crippen molar-refractivity contribution in [3.8, 4) is 5.75 Å². The van der Waals surface area contributed by atoms with E-state index in [1.54, 1.807) is 6.92 Å². The predicted molar refractivity (Wildman–Crippen MR) is 58.1 cm³/mol. The zero-order valence-corrected chi connectivity index (χ0v) is 9.41. The van der Waals surface area contributed by atoms with E-state index in [-0.39, 0.29) is 11.7 Å². The summed E-state index contributed by atoms with van der Waals surface area (Å²) in [4.78, 5) is 11.1. The van der Waals surface area contributed by atoms with E-state index < -0.39 is 11.9 Å². The molecule has 0 aliphatic heterocycles. The lowest BCUT2D eigenvalue weighted by Crippen LogP contribution is -2.27. The topological polar surface area (TPSA) is 47.6 Å². The van der Waals surface area contributed by atoms with Crippen LogP contribution in [0.15, 0.2) is 18.2 Å². The summed E-state index contributed by atoms with van der Waals surface area (Å²) in [7, 11) is 2.69. The molecule has 0 bridgehead atoms. The van der Waals surface area contributed by atoms with E-state index in [0.717, 1.165) is 0 Å². The Hall–Kier alpha value is -1.78. The Morgan fingerprint density at radius 2 is 2.12 bits per heavy atom. The van der Waals surface area contributed by atoms with Crippen LogP contribution in [0.5, 0.6) is 5.75 Å². The standard InChI is InChI=1S/C11H14FNO3/c1-7(11(14)16-3)13-8-4-5-9(12)10(6-8)15-2/h4-7,13H,1-3H3. The number of methoxy groups -OCH3 is 2. The molecule has 1 unspecified atom stereocenters. The van der Waals surface area contributed by atoms with Gasteiger partial charge in [-0.15, -0.1) is 0 Å². The maximum absolute atomic E-state index is 13.1. The van der Waals surface area contributed by atoms with Gasteiger partial charge in [-0.05, 0) is 19.1 Å². The van der Waals surface area contributed by atoms with E-state index in [0.29, 0.717) is 5.69 Å². The van der Waals surface area contributed by atoms with Gasteiger partial charge in [0.1, 0.15) is 6.04 Å². The van der Waals surface area contributed by atoms with Gasteiger partial charge >= 0.3 is 5.97 Å². The fraction of sp³-hybridized carbons (Fsp3) is 0.364. The van der Waals surface area contributed by atoms with Gasteiger partial charge in [-0.1, -0.05) is 0 Å². The smallest absolute Gasteiger partial charge is 0.327 e. The van der Waals surface area contributed by atoms with Crippen LogP contribution in [-0.2, 0) is 9.53 Å². The van der Waals surface area contributed by atoms with E-state index >= 15 is 0 Å². The SMILES string of the molecule is COC(=O)C(C)Nc1ccc(F)c(OC)c1. The first-order valence-corrected chi connectivity index (χ1v) is 4.76. The number of ether oxygens (including phenoxy) is 2. The van der Waals surface area contributed by atoms with Crippen LogP contribution in [0.2, 0.25) is 0 Å². The Morgan fingerprint density at radius 3 is 2.69 bits per heavy atom. The lowest BCUT2D eigenvalue weighted by Gasteiger charge is -2.13. The Balaban J connectivity index is 2.78. The highest BCUT2D eigenvalue weighted by Gasteiger charge is 2.13. The minimum atomic E-state index is -0.500. The first kappa shape index (κ1) is 12.3. The first-order valence-electron chi connectivity index (χ1n) is 4.76. The number of hydrogen-bond acceptors (Lipinski definition) is 4. The molecule has 16 heavy (non-hydrogen) atoms. The summed E-state index contributed by atoms with van der Waals surface area (Å²) in [5, 5.41) is 2.87. The summed E-state index contributed by atoms with van der Waals surface area (Å²) in [6.45, 7) is 1.65. The van der Waals surface area contributed by atoms with Crippen molar-refractivity contribution in [2.24, 2.45) is 0 Å². The van der Waals surface area contributed by atoms with Crippen molar-refractivity contribution in [1.82, 2.24) is 0 Å². The lowest BCUT2D eigenvalue weighted by molar-refractivity contribution is -0.141. The third kappa shape index (κ3) is 2.85. The Kier molecular flexibility index (Phi) is 4.10. The van der Waals surface area contributed by atoms with Crippen molar-refractivity contribution in [1.29, 1.82) is 0 Å². The number of nitrogens with one attached hydrogen (secondary N) is 1. The maximum atomic E-state index is 13.1. The highest BCUT2D eigenvalue weighted by atomic mass is 19.1. The molecule has 0 saturated heterocycles. The normalized spacial score (nSPS) is 11.8. The molecule has 1 atom stereocenters. The lowest BCUT2D eigenvalue weighted by atomic mass is 10.2. The number of halogens is 1. The second-order valence-corrected chi connectivity index (χ2v) is 3.24. The molecule has 0 aromatic heterocycles. The zero-order valence-electron chi connectivity index (χ0n) is 9.41. The Bertz CT molecular complexity index is 381. The highest BCUT2D eigenvalue weighted by Crippen LogP contribution is 2.21. The third-order valence-electron chi connectivity index (χ3n) is 2.09. The molecule has 1 aromatic rings. The summed E-state index contributed by atoms with van der Waals surface area (Å²) < 4.78 is 22.5. The molecule has 1 aromatic carbocycles. The number of benzene rings is 1. The van der Waals surface area contributed by atoms with E-state index in [4.69, 9.17) is 4.74 Å². The van der Waals surface area contributed by atoms with Gasteiger partial charge < -0.3 is 14.8 Å². The van der Waals surface area contributed by atoms with Gasteiger partial charge in [0.05, 0.1) is 14.2 Å². The molecule has 0 aliphatic carbocycles. The van der Waals surface area contributed by atoms with Crippen molar-refractivity contribution in [2.45, 2.75) is 13.0 Å². The quantitative estimate of drug-likeness (QED) is 0.797. The van der Waals surface area contributed by atoms with Crippen LogP contribution >= 0.6 is 0 Å². The molecule has 0 saturated carbocycles. The van der Waals surface area contributed by atoms with Crippen LogP contribution in [0, 0.1) is 5.82 Å². The molecule has 0 radical (unpaired) electrons. The van der Waals surface area contributed by atoms with Crippen LogP contribution in [0.1, 0.15) is 6.92 Å². The zero-order chi connectivity index (χ0) is 12.1. The molecule has 0 fully saturated rings. The summed E-state index contributed by atoms with van der Waals surface area (Å²) >= 11 is 0. The largest absolute Gasteiger partial charge is 0.494 e. The molecule has 0 amide bonds. The van der Waals surface area contributed by atoms with Gasteiger partial charge in [-0.3, -0.25) is 0 Å². The number of hydrogen-bond donors (Lipinski definition) is 1. The van der Waals surface area contributed by atoms with Gasteiger partial charge in [0.2, 0.25) is 0 Å². The third-order valence-corrected chi connectivity index (χ3v) is 2.09. The van der Waals surface area contributed by atoms with E-state index in [2.05, 4.69) is 10.1 Å². The molecule has 5 heteroatoms. The fourth-order valence-electron chi connectivity index (χ4n) is 1.24. The number of carbonyl (C=O) groups is 1. The average Bonchev–Trinajstić information content (AvgIpc) is 2.30. The van der Waals surface area contributed by atoms with Gasteiger partial charge in [0.15, 0.2) is 11.6 Å². The summed E-state index contributed by atoms with van der Waals surface area (Å²) in [6, 6.07) is 3.78. The summed E-state index contributed by atoms with van der Waals surface area (Å²) in [6.07, 6.45) is 0. The van der Waals surface area contributed by atoms with Crippen LogP contribution in [0.3, 0.4) is 0 Å². The van der Waals surface area contributed by atoms with E-state index in [1.165, 1.54) is 32.4 Å². The average molecular weight is 227 g/mol. The van der Waals surface area contributed by atoms with Crippen molar-refractivity contribution in [3.63, 3.8) is 0 Å². The fourth-order valence-corrected chi connectivity index (χ4v) is 1.24. The first-order chi connectivity index (χ1) is 7.58. The van der Waals surface area contributed by atoms with E-state index in [1.807, 2.05) is 0 Å². The van der Waals surface area contributed by atoms with Crippen molar-refractivity contribution >= 4 is 11.7 Å². The van der Waals surface area contributed by atoms with Crippen LogP contribution in [-0.4, -0.2) is 26.2 Å². The van der Waals surface area contributed by atoms with Crippen LogP contribution < -0.4 is 10.1 Å². The van der Waals surface area contributed by atoms with Gasteiger partial charge in [0, 0.05) is 11.8 Å². The molecule has 4 nitrogen and oxygen atoms in total. The van der Waals surface area contributed by atoms with Gasteiger partial charge in [-0.2, -0.15) is 0 Å². The molecule has 0 aliphatic rings. The molecule has 0 heterocycles. The second kappa shape index (κ2) is 5.34. The maximum Gasteiger partial charge on any atom is 0.327 e. The number of esters is 1. The number of anilines is 1. The monoisotopic (exact) mass is 227 g/mol. The van der Waals surface area contributed by atoms with Crippen LogP contribution in [0.4, 0.5) is 10.1 Å². The summed E-state index contributed by atoms with van der Waals surface area (Å²) in [5.74, 6) is -0.705. The minimum Gasteiger partial charge on any atom is -0.494 e. The molecule has 88 valence electrons. The van der Waals surface area contributed by atoms with Crippen molar-refractivity contribution < 1.29 is 18.7 Å². The second-order valence-electron chi connectivity index (χ2n) is 3.24. The highest BCUT2D eigenvalue weighted by molar-refractivity contribution is 5.78. The predicted octanol–water partition coefficient (Wildman–Crippen LogP) is 1.81. The van der Waals surface area contributed by atoms with Crippen molar-refractivity contribution in [2.75, 3.05) is 19.5 Å². The molecule has 0 spiro atoms. The van der Waals surface area contributed by atoms with E-state index in [9.17, 15) is 9.18 Å². The molecular weight excluding hydrogens is 213 g/mol. The van der Waals surface area contributed by atoms with Crippen LogP contribution in [0.25, 0.3) is 0 Å². The summed E-state index contributed by atoms with van der Waals surface area (Å²) in [5.41, 5.74) is 0.594. The molecular formula is C11H14FNO3. The minimum absolute atomic E-state index is 0.127. The Labute approximate surface area is 93.4 Å². The molecule has 1 N–H and O–H groups in total.